The Kier molecular flexibility index (Phi) is 5.45. The lowest BCUT2D eigenvalue weighted by Gasteiger charge is -2.28. The molecule has 0 bridgehead atoms. The van der Waals surface area contributed by atoms with E-state index in [4.69, 9.17) is 0 Å². The van der Waals surface area contributed by atoms with Gasteiger partial charge < -0.3 is 4.90 Å². The van der Waals surface area contributed by atoms with Crippen LogP contribution in [0.1, 0.15) is 5.56 Å². The second-order valence-electron chi connectivity index (χ2n) is 6.18. The summed E-state index contributed by atoms with van der Waals surface area (Å²) in [6, 6.07) is 15.5. The van der Waals surface area contributed by atoms with E-state index in [1.54, 1.807) is 11.0 Å². The van der Waals surface area contributed by atoms with Crippen LogP contribution in [0.3, 0.4) is 0 Å². The van der Waals surface area contributed by atoms with Crippen LogP contribution < -0.4 is 10.2 Å². The van der Waals surface area contributed by atoms with Crippen molar-refractivity contribution in [1.29, 1.82) is 0 Å². The van der Waals surface area contributed by atoms with E-state index in [0.29, 0.717) is 12.3 Å². The standard InChI is InChI=1S/C19H16BrN5O2S/c20-14-7-5-13(6-8-14)9-24-12-21-19(23-24)22-17(26)10-25-15-3-1-2-4-16(15)28-11-18(25)27/h1-8,12H,9-11H2,(H,22,23,26). The van der Waals surface area contributed by atoms with Crippen LogP contribution in [-0.4, -0.2) is 38.9 Å². The molecule has 0 saturated heterocycles. The zero-order valence-electron chi connectivity index (χ0n) is 14.7. The molecule has 0 aliphatic carbocycles. The summed E-state index contributed by atoms with van der Waals surface area (Å²) in [4.78, 5) is 31.3. The minimum Gasteiger partial charge on any atom is -0.301 e. The predicted octanol–water partition coefficient (Wildman–Crippen LogP) is 3.17. The first-order valence-electron chi connectivity index (χ1n) is 8.54. The molecule has 1 aromatic heterocycles. The van der Waals surface area contributed by atoms with E-state index in [0.717, 1.165) is 20.6 Å². The van der Waals surface area contributed by atoms with Crippen molar-refractivity contribution in [2.24, 2.45) is 0 Å². The lowest BCUT2D eigenvalue weighted by molar-refractivity contribution is -0.120. The topological polar surface area (TPSA) is 80.1 Å². The van der Waals surface area contributed by atoms with Gasteiger partial charge >= 0.3 is 0 Å². The molecule has 9 heteroatoms. The van der Waals surface area contributed by atoms with E-state index in [1.165, 1.54) is 16.7 Å². The first-order chi connectivity index (χ1) is 13.6. The highest BCUT2D eigenvalue weighted by Gasteiger charge is 2.26. The second-order valence-corrected chi connectivity index (χ2v) is 8.11. The Morgan fingerprint density at radius 3 is 2.79 bits per heavy atom. The van der Waals surface area contributed by atoms with Gasteiger partial charge in [0.1, 0.15) is 12.9 Å². The van der Waals surface area contributed by atoms with Crippen molar-refractivity contribution in [1.82, 2.24) is 14.8 Å². The van der Waals surface area contributed by atoms with Gasteiger partial charge in [0, 0.05) is 9.37 Å². The van der Waals surface area contributed by atoms with Gasteiger partial charge in [-0.1, -0.05) is 40.2 Å². The van der Waals surface area contributed by atoms with Crippen LogP contribution in [0.15, 0.2) is 64.2 Å². The summed E-state index contributed by atoms with van der Waals surface area (Å²) in [5.74, 6) is 0.114. The zero-order chi connectivity index (χ0) is 19.5. The second kappa shape index (κ2) is 8.15. The van der Waals surface area contributed by atoms with E-state index < -0.39 is 0 Å². The molecule has 0 atom stereocenters. The maximum atomic E-state index is 12.4. The fourth-order valence-corrected chi connectivity index (χ4v) is 4.04. The summed E-state index contributed by atoms with van der Waals surface area (Å²) < 4.78 is 2.66. The molecule has 2 aromatic carbocycles. The van der Waals surface area contributed by atoms with Gasteiger partial charge in [0.2, 0.25) is 17.8 Å². The number of nitrogens with one attached hydrogen (secondary N) is 1. The Hall–Kier alpha value is -2.65. The Bertz CT molecular complexity index is 1020. The largest absolute Gasteiger partial charge is 0.301 e. The van der Waals surface area contributed by atoms with Crippen molar-refractivity contribution in [2.45, 2.75) is 11.4 Å². The number of amides is 2. The highest BCUT2D eigenvalue weighted by molar-refractivity contribution is 9.10. The number of benzene rings is 2. The molecule has 142 valence electrons. The maximum absolute atomic E-state index is 12.4. The van der Waals surface area contributed by atoms with Crippen molar-refractivity contribution in [3.05, 3.63) is 64.9 Å². The quantitative estimate of drug-likeness (QED) is 0.636. The van der Waals surface area contributed by atoms with Crippen molar-refractivity contribution in [3.63, 3.8) is 0 Å². The van der Waals surface area contributed by atoms with E-state index in [9.17, 15) is 9.59 Å². The van der Waals surface area contributed by atoms with Gasteiger partial charge in [-0.3, -0.25) is 14.9 Å². The number of hydrogen-bond donors (Lipinski definition) is 1. The lowest BCUT2D eigenvalue weighted by atomic mass is 10.2. The molecule has 7 nitrogen and oxygen atoms in total. The summed E-state index contributed by atoms with van der Waals surface area (Å²) in [7, 11) is 0. The molecular weight excluding hydrogens is 442 g/mol. The third-order valence-corrected chi connectivity index (χ3v) is 5.73. The molecule has 0 spiro atoms. The average molecular weight is 458 g/mol. The number of para-hydroxylation sites is 1. The lowest BCUT2D eigenvalue weighted by Crippen LogP contribution is -2.41. The highest BCUT2D eigenvalue weighted by Crippen LogP contribution is 2.34. The number of carbonyl (C=O) groups is 2. The number of thioether (sulfide) groups is 1. The van der Waals surface area contributed by atoms with Gasteiger partial charge in [0.05, 0.1) is 18.0 Å². The number of halogens is 1. The minimum absolute atomic E-state index is 0.0718. The molecule has 0 saturated carbocycles. The molecule has 2 heterocycles. The van der Waals surface area contributed by atoms with Crippen molar-refractivity contribution < 1.29 is 9.59 Å². The molecule has 28 heavy (non-hydrogen) atoms. The summed E-state index contributed by atoms with van der Waals surface area (Å²) in [5.41, 5.74) is 1.83. The van der Waals surface area contributed by atoms with Crippen molar-refractivity contribution in [2.75, 3.05) is 22.5 Å². The van der Waals surface area contributed by atoms with Crippen molar-refractivity contribution in [3.8, 4) is 0 Å². The van der Waals surface area contributed by atoms with Crippen LogP contribution in [0.5, 0.6) is 0 Å². The Labute approximate surface area is 174 Å². The van der Waals surface area contributed by atoms with E-state index in [-0.39, 0.29) is 24.3 Å². The molecule has 0 radical (unpaired) electrons. The number of aromatic nitrogens is 3. The monoisotopic (exact) mass is 457 g/mol. The third kappa shape index (κ3) is 4.26. The van der Waals surface area contributed by atoms with Crippen LogP contribution in [0.25, 0.3) is 0 Å². The maximum Gasteiger partial charge on any atom is 0.248 e. The zero-order valence-corrected chi connectivity index (χ0v) is 17.1. The minimum atomic E-state index is -0.337. The van der Waals surface area contributed by atoms with Crippen LogP contribution in [-0.2, 0) is 16.1 Å². The smallest absolute Gasteiger partial charge is 0.248 e. The van der Waals surface area contributed by atoms with Crippen LogP contribution in [0.2, 0.25) is 0 Å². The number of anilines is 2. The molecule has 1 aliphatic heterocycles. The molecule has 2 amide bonds. The number of nitrogens with zero attached hydrogens (tertiary/aromatic N) is 4. The summed E-state index contributed by atoms with van der Waals surface area (Å²) in [6.45, 7) is 0.475. The SMILES string of the molecule is O=C(CN1C(=O)CSc2ccccc21)Nc1ncn(Cc2ccc(Br)cc2)n1. The predicted molar refractivity (Wildman–Crippen MR) is 111 cm³/mol. The van der Waals surface area contributed by atoms with Gasteiger partial charge in [-0.15, -0.1) is 16.9 Å². The number of carbonyl (C=O) groups excluding carboxylic acids is 2. The average Bonchev–Trinajstić information content (AvgIpc) is 3.12. The molecule has 0 fully saturated rings. The molecule has 1 aliphatic rings. The van der Waals surface area contributed by atoms with Gasteiger partial charge in [-0.25, -0.2) is 9.67 Å². The third-order valence-electron chi connectivity index (χ3n) is 4.16. The molecular formula is C19H16BrN5O2S. The Balaban J connectivity index is 1.40. The highest BCUT2D eigenvalue weighted by atomic mass is 79.9. The van der Waals surface area contributed by atoms with Crippen molar-refractivity contribution >= 4 is 51.1 Å². The van der Waals surface area contributed by atoms with Crippen LogP contribution >= 0.6 is 27.7 Å². The van der Waals surface area contributed by atoms with Gasteiger partial charge in [-0.2, -0.15) is 0 Å². The molecule has 0 unspecified atom stereocenters. The van der Waals surface area contributed by atoms with Gasteiger partial charge in [0.25, 0.3) is 0 Å². The molecule has 1 N–H and O–H groups in total. The first kappa shape index (κ1) is 18.7. The number of rotatable bonds is 5. The van der Waals surface area contributed by atoms with E-state index >= 15 is 0 Å². The Morgan fingerprint density at radius 1 is 1.18 bits per heavy atom. The fraction of sp³-hybridized carbons (Fsp3) is 0.158. The first-order valence-corrected chi connectivity index (χ1v) is 10.3. The summed E-state index contributed by atoms with van der Waals surface area (Å²) in [6.07, 6.45) is 1.57. The van der Waals surface area contributed by atoms with Crippen LogP contribution in [0.4, 0.5) is 11.6 Å². The molecule has 4 rings (SSSR count). The van der Waals surface area contributed by atoms with Gasteiger partial charge in [-0.05, 0) is 29.8 Å². The van der Waals surface area contributed by atoms with E-state index in [1.807, 2.05) is 48.5 Å². The Morgan fingerprint density at radius 2 is 1.96 bits per heavy atom. The fourth-order valence-electron chi connectivity index (χ4n) is 2.84. The number of fused-ring (bicyclic) bond motifs is 1. The summed E-state index contributed by atoms with van der Waals surface area (Å²) in [5, 5.41) is 6.94. The van der Waals surface area contributed by atoms with Gasteiger partial charge in [0.15, 0.2) is 0 Å². The van der Waals surface area contributed by atoms with E-state index in [2.05, 4.69) is 31.3 Å². The van der Waals surface area contributed by atoms with Crippen LogP contribution in [0, 0.1) is 0 Å². The normalized spacial score (nSPS) is 13.3. The molecule has 3 aromatic rings. The number of hydrogen-bond acceptors (Lipinski definition) is 5. The summed E-state index contributed by atoms with van der Waals surface area (Å²) >= 11 is 4.89.